The van der Waals surface area contributed by atoms with Crippen LogP contribution >= 0.6 is 0 Å². The fourth-order valence-corrected chi connectivity index (χ4v) is 2.95. The second kappa shape index (κ2) is 9.80. The zero-order valence-corrected chi connectivity index (χ0v) is 15.1. The number of carbonyl (C=O) groups is 4. The largest absolute Gasteiger partial charge is 0.480 e. The third kappa shape index (κ3) is 5.50. The van der Waals surface area contributed by atoms with Crippen molar-refractivity contribution in [1.29, 1.82) is 0 Å². The Balaban J connectivity index is 1.87. The molecule has 154 valence electrons. The van der Waals surface area contributed by atoms with E-state index < -0.39 is 49.1 Å². The van der Waals surface area contributed by atoms with Crippen LogP contribution in [0.5, 0.6) is 0 Å². The zero-order valence-electron chi connectivity index (χ0n) is 15.1. The SMILES string of the molecule is NC(Cc1cnc[nH]1)C(=O)N1CCCC1C(=O)NCC(=O)NC(CO)C(=O)O. The Labute approximate surface area is 160 Å². The number of nitrogens with one attached hydrogen (secondary N) is 3. The van der Waals surface area contributed by atoms with Gasteiger partial charge in [-0.1, -0.05) is 0 Å². The molecule has 3 atom stereocenters. The Hall–Kier alpha value is -2.99. The lowest BCUT2D eigenvalue weighted by atomic mass is 10.1. The molecule has 12 nitrogen and oxygen atoms in total. The number of H-pyrrole nitrogens is 1. The number of carboxylic acid groups (broad SMARTS) is 1. The maximum atomic E-state index is 12.6. The molecule has 0 bridgehead atoms. The fraction of sp³-hybridized carbons (Fsp3) is 0.562. The predicted octanol–water partition coefficient (Wildman–Crippen LogP) is -3.05. The molecule has 28 heavy (non-hydrogen) atoms. The molecule has 2 heterocycles. The Bertz CT molecular complexity index is 708. The van der Waals surface area contributed by atoms with E-state index in [9.17, 15) is 19.2 Å². The average molecular weight is 396 g/mol. The van der Waals surface area contributed by atoms with E-state index in [2.05, 4.69) is 20.6 Å². The molecule has 2 rings (SSSR count). The molecule has 1 fully saturated rings. The van der Waals surface area contributed by atoms with Crippen LogP contribution in [0, 0.1) is 0 Å². The third-order valence-electron chi connectivity index (χ3n) is 4.39. The summed E-state index contributed by atoms with van der Waals surface area (Å²) in [6, 6.07) is -3.03. The molecule has 0 saturated carbocycles. The molecule has 12 heteroatoms. The highest BCUT2D eigenvalue weighted by Crippen LogP contribution is 2.18. The summed E-state index contributed by atoms with van der Waals surface area (Å²) in [5.74, 6) is -3.05. The third-order valence-corrected chi connectivity index (χ3v) is 4.39. The Kier molecular flexibility index (Phi) is 7.46. The highest BCUT2D eigenvalue weighted by atomic mass is 16.4. The minimum Gasteiger partial charge on any atom is -0.480 e. The van der Waals surface area contributed by atoms with E-state index >= 15 is 0 Å². The number of rotatable bonds is 9. The van der Waals surface area contributed by atoms with Gasteiger partial charge in [0.25, 0.3) is 0 Å². The van der Waals surface area contributed by atoms with Crippen LogP contribution in [0.2, 0.25) is 0 Å². The van der Waals surface area contributed by atoms with Crippen molar-refractivity contribution in [2.24, 2.45) is 5.73 Å². The summed E-state index contributed by atoms with van der Waals surface area (Å²) in [4.78, 5) is 55.6. The first-order valence-electron chi connectivity index (χ1n) is 8.77. The molecule has 1 aliphatic heterocycles. The van der Waals surface area contributed by atoms with Crippen LogP contribution in [0.25, 0.3) is 0 Å². The second-order valence-electron chi connectivity index (χ2n) is 6.44. The number of imidazole rings is 1. The van der Waals surface area contributed by atoms with Gasteiger partial charge >= 0.3 is 5.97 Å². The van der Waals surface area contributed by atoms with Crippen LogP contribution in [0.4, 0.5) is 0 Å². The molecule has 0 spiro atoms. The van der Waals surface area contributed by atoms with Gasteiger partial charge in [-0.05, 0) is 12.8 Å². The van der Waals surface area contributed by atoms with Gasteiger partial charge in [-0.25, -0.2) is 9.78 Å². The standard InChI is InChI=1S/C16H24N6O6/c17-10(4-9-5-18-8-20-9)15(26)22-3-1-2-12(22)14(25)19-6-13(24)21-11(7-23)16(27)28/h5,8,10-12,23H,1-4,6-7,17H2,(H,18,20)(H,19,25)(H,21,24)(H,27,28). The van der Waals surface area contributed by atoms with E-state index in [4.69, 9.17) is 15.9 Å². The van der Waals surface area contributed by atoms with Crippen molar-refractivity contribution in [2.45, 2.75) is 37.4 Å². The predicted molar refractivity (Wildman–Crippen MR) is 94.7 cm³/mol. The lowest BCUT2D eigenvalue weighted by Crippen LogP contribution is -2.53. The molecule has 0 aromatic carbocycles. The highest BCUT2D eigenvalue weighted by Gasteiger charge is 2.36. The number of aliphatic hydroxyl groups is 1. The highest BCUT2D eigenvalue weighted by molar-refractivity contribution is 5.93. The van der Waals surface area contributed by atoms with E-state index in [0.717, 1.165) is 0 Å². The number of likely N-dealkylation sites (tertiary alicyclic amines) is 1. The van der Waals surface area contributed by atoms with Crippen molar-refractivity contribution in [3.63, 3.8) is 0 Å². The zero-order chi connectivity index (χ0) is 20.7. The smallest absolute Gasteiger partial charge is 0.328 e. The summed E-state index contributed by atoms with van der Waals surface area (Å²) in [5.41, 5.74) is 6.66. The van der Waals surface area contributed by atoms with Crippen molar-refractivity contribution in [2.75, 3.05) is 19.7 Å². The van der Waals surface area contributed by atoms with E-state index in [-0.39, 0.29) is 12.3 Å². The van der Waals surface area contributed by atoms with Crippen molar-refractivity contribution in [1.82, 2.24) is 25.5 Å². The number of aromatic nitrogens is 2. The van der Waals surface area contributed by atoms with Crippen LogP contribution < -0.4 is 16.4 Å². The Morgan fingerprint density at radius 2 is 2.14 bits per heavy atom. The number of carbonyl (C=O) groups excluding carboxylic acids is 3. The number of amides is 3. The van der Waals surface area contributed by atoms with Crippen molar-refractivity contribution >= 4 is 23.7 Å². The molecule has 1 aromatic heterocycles. The first-order chi connectivity index (χ1) is 13.3. The average Bonchev–Trinajstić information content (AvgIpc) is 3.34. The number of nitrogens with zero attached hydrogens (tertiary/aromatic N) is 2. The van der Waals surface area contributed by atoms with E-state index in [0.29, 0.717) is 25.1 Å². The Morgan fingerprint density at radius 1 is 1.39 bits per heavy atom. The first-order valence-corrected chi connectivity index (χ1v) is 8.77. The van der Waals surface area contributed by atoms with Gasteiger partial charge in [-0.2, -0.15) is 0 Å². The van der Waals surface area contributed by atoms with Crippen molar-refractivity contribution in [3.05, 3.63) is 18.2 Å². The van der Waals surface area contributed by atoms with Gasteiger partial charge in [0, 0.05) is 24.9 Å². The molecule has 3 amide bonds. The fourth-order valence-electron chi connectivity index (χ4n) is 2.95. The van der Waals surface area contributed by atoms with Gasteiger partial charge in [0.2, 0.25) is 17.7 Å². The molecular formula is C16H24N6O6. The molecule has 0 aliphatic carbocycles. The van der Waals surface area contributed by atoms with Crippen LogP contribution in [0.15, 0.2) is 12.5 Å². The lowest BCUT2D eigenvalue weighted by Gasteiger charge is -2.26. The summed E-state index contributed by atoms with van der Waals surface area (Å²) in [5, 5.41) is 22.1. The van der Waals surface area contributed by atoms with E-state index in [1.54, 1.807) is 6.20 Å². The van der Waals surface area contributed by atoms with Gasteiger partial charge in [0.1, 0.15) is 12.1 Å². The molecule has 3 unspecified atom stereocenters. The molecule has 1 aromatic rings. The molecular weight excluding hydrogens is 372 g/mol. The van der Waals surface area contributed by atoms with Crippen molar-refractivity contribution < 1.29 is 29.4 Å². The maximum absolute atomic E-state index is 12.6. The van der Waals surface area contributed by atoms with Crippen molar-refractivity contribution in [3.8, 4) is 0 Å². The summed E-state index contributed by atoms with van der Waals surface area (Å²) >= 11 is 0. The summed E-state index contributed by atoms with van der Waals surface area (Å²) in [6.45, 7) is -0.860. The molecule has 1 aliphatic rings. The summed E-state index contributed by atoms with van der Waals surface area (Å²) in [7, 11) is 0. The number of aliphatic hydroxyl groups excluding tert-OH is 1. The van der Waals surface area contributed by atoms with E-state index in [1.165, 1.54) is 11.2 Å². The number of aliphatic carboxylic acids is 1. The second-order valence-corrected chi connectivity index (χ2v) is 6.44. The number of hydrogen-bond acceptors (Lipinski definition) is 7. The van der Waals surface area contributed by atoms with Gasteiger partial charge < -0.3 is 36.5 Å². The van der Waals surface area contributed by atoms with Crippen LogP contribution in [0.3, 0.4) is 0 Å². The normalized spacial score (nSPS) is 18.4. The molecule has 7 N–H and O–H groups in total. The number of nitrogens with two attached hydrogens (primary N) is 1. The summed E-state index contributed by atoms with van der Waals surface area (Å²) in [6.07, 6.45) is 4.36. The minimum absolute atomic E-state index is 0.254. The topological polar surface area (TPSA) is 191 Å². The van der Waals surface area contributed by atoms with Crippen LogP contribution in [-0.4, -0.2) is 86.6 Å². The maximum Gasteiger partial charge on any atom is 0.328 e. The van der Waals surface area contributed by atoms with Crippen LogP contribution in [-0.2, 0) is 25.6 Å². The van der Waals surface area contributed by atoms with Gasteiger partial charge in [-0.15, -0.1) is 0 Å². The molecule has 1 saturated heterocycles. The number of carboxylic acids is 1. The van der Waals surface area contributed by atoms with Gasteiger partial charge in [-0.3, -0.25) is 14.4 Å². The minimum atomic E-state index is -1.45. The number of aromatic amines is 1. The first kappa shape index (κ1) is 21.3. The van der Waals surface area contributed by atoms with Crippen LogP contribution in [0.1, 0.15) is 18.5 Å². The van der Waals surface area contributed by atoms with Gasteiger partial charge in [0.15, 0.2) is 0 Å². The quantitative estimate of drug-likeness (QED) is 0.253. The molecule has 0 radical (unpaired) electrons. The van der Waals surface area contributed by atoms with E-state index in [1.807, 2.05) is 0 Å². The monoisotopic (exact) mass is 396 g/mol. The Morgan fingerprint density at radius 3 is 2.75 bits per heavy atom. The summed E-state index contributed by atoms with van der Waals surface area (Å²) < 4.78 is 0. The lowest BCUT2D eigenvalue weighted by molar-refractivity contribution is -0.143. The number of hydrogen-bond donors (Lipinski definition) is 6. The van der Waals surface area contributed by atoms with Gasteiger partial charge in [0.05, 0.1) is 25.5 Å².